The highest BCUT2D eigenvalue weighted by molar-refractivity contribution is 6.31. The molecule has 0 aliphatic rings. The number of nitrogens with one attached hydrogen (secondary N) is 1. The number of halogens is 4. The van der Waals surface area contributed by atoms with Crippen molar-refractivity contribution < 1.29 is 13.2 Å². The number of benzene rings is 2. The molecule has 0 radical (unpaired) electrons. The highest BCUT2D eigenvalue weighted by atomic mass is 35.5. The molecule has 0 fully saturated rings. The van der Waals surface area contributed by atoms with Crippen molar-refractivity contribution in [3.63, 3.8) is 0 Å². The lowest BCUT2D eigenvalue weighted by Crippen LogP contribution is -2.24. The van der Waals surface area contributed by atoms with Gasteiger partial charge in [0.15, 0.2) is 11.6 Å². The molecule has 0 heterocycles. The van der Waals surface area contributed by atoms with Crippen molar-refractivity contribution in [1.29, 1.82) is 0 Å². The monoisotopic (exact) mass is 313 g/mol. The van der Waals surface area contributed by atoms with Crippen LogP contribution in [0.25, 0.3) is 0 Å². The van der Waals surface area contributed by atoms with Crippen molar-refractivity contribution in [2.75, 3.05) is 6.54 Å². The van der Waals surface area contributed by atoms with E-state index in [0.29, 0.717) is 17.7 Å². The quantitative estimate of drug-likeness (QED) is 0.857. The summed E-state index contributed by atoms with van der Waals surface area (Å²) < 4.78 is 41.0. The molecular weight excluding hydrogens is 299 g/mol. The molecule has 0 bridgehead atoms. The van der Waals surface area contributed by atoms with Crippen LogP contribution in [0.5, 0.6) is 0 Å². The first-order chi connectivity index (χ1) is 9.95. The van der Waals surface area contributed by atoms with Crippen LogP contribution in [0.15, 0.2) is 30.3 Å². The van der Waals surface area contributed by atoms with Gasteiger partial charge in [0, 0.05) is 10.6 Å². The molecule has 1 atom stereocenters. The van der Waals surface area contributed by atoms with Crippen molar-refractivity contribution in [3.05, 3.63) is 69.5 Å². The van der Waals surface area contributed by atoms with Gasteiger partial charge in [-0.3, -0.25) is 0 Å². The Morgan fingerprint density at radius 3 is 2.48 bits per heavy atom. The topological polar surface area (TPSA) is 12.0 Å². The van der Waals surface area contributed by atoms with Gasteiger partial charge in [-0.1, -0.05) is 30.7 Å². The molecule has 5 heteroatoms. The second-order valence-corrected chi connectivity index (χ2v) is 5.16. The largest absolute Gasteiger partial charge is 0.306 e. The first-order valence-corrected chi connectivity index (χ1v) is 6.96. The molecule has 0 amide bonds. The molecule has 2 aromatic rings. The fourth-order valence-corrected chi connectivity index (χ4v) is 2.50. The molecule has 1 unspecified atom stereocenters. The summed E-state index contributed by atoms with van der Waals surface area (Å²) in [5.41, 5.74) is 1.06. The maximum atomic E-state index is 14.0. The van der Waals surface area contributed by atoms with Crippen LogP contribution in [0.3, 0.4) is 0 Å². The molecule has 0 saturated heterocycles. The van der Waals surface area contributed by atoms with E-state index in [1.54, 1.807) is 13.0 Å². The normalized spacial score (nSPS) is 12.5. The first-order valence-electron chi connectivity index (χ1n) is 6.58. The van der Waals surface area contributed by atoms with Gasteiger partial charge in [0.05, 0.1) is 6.04 Å². The fraction of sp³-hybridized carbons (Fsp3) is 0.250. The van der Waals surface area contributed by atoms with Crippen LogP contribution in [0.1, 0.15) is 29.7 Å². The van der Waals surface area contributed by atoms with E-state index in [4.69, 9.17) is 11.6 Å². The molecular formula is C16H15ClF3N. The summed E-state index contributed by atoms with van der Waals surface area (Å²) in [6.07, 6.45) is 0. The van der Waals surface area contributed by atoms with E-state index in [1.807, 2.05) is 6.92 Å². The second-order valence-electron chi connectivity index (χ2n) is 4.76. The molecule has 0 aromatic heterocycles. The lowest BCUT2D eigenvalue weighted by molar-refractivity contribution is 0.483. The van der Waals surface area contributed by atoms with Crippen LogP contribution < -0.4 is 5.32 Å². The number of hydrogen-bond donors (Lipinski definition) is 1. The molecule has 112 valence electrons. The van der Waals surface area contributed by atoms with Crippen LogP contribution >= 0.6 is 11.6 Å². The van der Waals surface area contributed by atoms with Gasteiger partial charge >= 0.3 is 0 Å². The Bertz CT molecular complexity index is 658. The minimum absolute atomic E-state index is 0.143. The molecule has 0 aliphatic carbocycles. The van der Waals surface area contributed by atoms with Crippen molar-refractivity contribution in [2.45, 2.75) is 19.9 Å². The van der Waals surface area contributed by atoms with Gasteiger partial charge in [0.2, 0.25) is 0 Å². The minimum atomic E-state index is -0.929. The van der Waals surface area contributed by atoms with Gasteiger partial charge in [-0.2, -0.15) is 0 Å². The van der Waals surface area contributed by atoms with E-state index in [0.717, 1.165) is 6.07 Å². The lowest BCUT2D eigenvalue weighted by atomic mass is 9.96. The van der Waals surface area contributed by atoms with Crippen LogP contribution in [-0.2, 0) is 0 Å². The zero-order valence-corrected chi connectivity index (χ0v) is 12.4. The summed E-state index contributed by atoms with van der Waals surface area (Å²) >= 11 is 6.08. The standard InChI is InChI=1S/C16H15ClF3N/c1-3-21-16(10-5-4-6-13(18)15(10)20)11-7-9(2)14(19)8-12(11)17/h4-8,16,21H,3H2,1-2H3. The molecule has 1 nitrogen and oxygen atoms in total. The predicted molar refractivity (Wildman–Crippen MR) is 78.0 cm³/mol. The highest BCUT2D eigenvalue weighted by Gasteiger charge is 2.22. The Hall–Kier alpha value is -1.52. The Morgan fingerprint density at radius 1 is 1.10 bits per heavy atom. The molecule has 1 N–H and O–H groups in total. The lowest BCUT2D eigenvalue weighted by Gasteiger charge is -2.21. The third kappa shape index (κ3) is 3.22. The van der Waals surface area contributed by atoms with Crippen molar-refractivity contribution in [1.82, 2.24) is 5.32 Å². The highest BCUT2D eigenvalue weighted by Crippen LogP contribution is 2.32. The zero-order valence-electron chi connectivity index (χ0n) is 11.7. The molecule has 21 heavy (non-hydrogen) atoms. The Balaban J connectivity index is 2.59. The summed E-state index contributed by atoms with van der Waals surface area (Å²) in [6, 6.07) is 6.07. The van der Waals surface area contributed by atoms with Gasteiger partial charge in [0.25, 0.3) is 0 Å². The van der Waals surface area contributed by atoms with E-state index in [-0.39, 0.29) is 10.6 Å². The Labute approximate surface area is 126 Å². The summed E-state index contributed by atoms with van der Waals surface area (Å²) in [5.74, 6) is -2.29. The fourth-order valence-electron chi connectivity index (χ4n) is 2.24. The summed E-state index contributed by atoms with van der Waals surface area (Å²) in [4.78, 5) is 0. The van der Waals surface area contributed by atoms with Crippen LogP contribution in [0.2, 0.25) is 5.02 Å². The summed E-state index contributed by atoms with van der Waals surface area (Å²) in [7, 11) is 0. The number of aryl methyl sites for hydroxylation is 1. The summed E-state index contributed by atoms with van der Waals surface area (Å²) in [5, 5.41) is 3.23. The Morgan fingerprint density at radius 2 is 1.81 bits per heavy atom. The molecule has 2 aromatic carbocycles. The van der Waals surface area contributed by atoms with Gasteiger partial charge in [-0.25, -0.2) is 13.2 Å². The third-order valence-electron chi connectivity index (χ3n) is 3.29. The van der Waals surface area contributed by atoms with Gasteiger partial charge in [-0.15, -0.1) is 0 Å². The van der Waals surface area contributed by atoms with E-state index >= 15 is 0 Å². The zero-order chi connectivity index (χ0) is 15.6. The average molecular weight is 314 g/mol. The summed E-state index contributed by atoms with van der Waals surface area (Å²) in [6.45, 7) is 3.96. The average Bonchev–Trinajstić information content (AvgIpc) is 2.44. The van der Waals surface area contributed by atoms with Crippen molar-refractivity contribution in [2.24, 2.45) is 0 Å². The van der Waals surface area contributed by atoms with Crippen LogP contribution in [0, 0.1) is 24.4 Å². The van der Waals surface area contributed by atoms with Crippen molar-refractivity contribution >= 4 is 11.6 Å². The maximum Gasteiger partial charge on any atom is 0.163 e. The van der Waals surface area contributed by atoms with Crippen LogP contribution in [0.4, 0.5) is 13.2 Å². The van der Waals surface area contributed by atoms with E-state index in [9.17, 15) is 13.2 Å². The minimum Gasteiger partial charge on any atom is -0.306 e. The SMILES string of the molecule is CCNC(c1cc(C)c(F)cc1Cl)c1cccc(F)c1F. The second kappa shape index (κ2) is 6.50. The van der Waals surface area contributed by atoms with E-state index in [1.165, 1.54) is 18.2 Å². The van der Waals surface area contributed by atoms with Gasteiger partial charge < -0.3 is 5.32 Å². The third-order valence-corrected chi connectivity index (χ3v) is 3.62. The molecule has 2 rings (SSSR count). The molecule has 0 aliphatic heterocycles. The number of hydrogen-bond acceptors (Lipinski definition) is 1. The predicted octanol–water partition coefficient (Wildman–Crippen LogP) is 4.76. The van der Waals surface area contributed by atoms with E-state index < -0.39 is 23.5 Å². The smallest absolute Gasteiger partial charge is 0.163 e. The van der Waals surface area contributed by atoms with Crippen LogP contribution in [-0.4, -0.2) is 6.54 Å². The number of rotatable bonds is 4. The van der Waals surface area contributed by atoms with Crippen molar-refractivity contribution in [3.8, 4) is 0 Å². The maximum absolute atomic E-state index is 14.0. The Kier molecular flexibility index (Phi) is 4.91. The first kappa shape index (κ1) is 15.9. The molecule has 0 saturated carbocycles. The van der Waals surface area contributed by atoms with E-state index in [2.05, 4.69) is 5.32 Å². The van der Waals surface area contributed by atoms with Gasteiger partial charge in [-0.05, 0) is 42.8 Å². The molecule has 0 spiro atoms. The van der Waals surface area contributed by atoms with Gasteiger partial charge in [0.1, 0.15) is 5.82 Å².